The van der Waals surface area contributed by atoms with E-state index in [2.05, 4.69) is 4.72 Å². The first kappa shape index (κ1) is 15.2. The van der Waals surface area contributed by atoms with Crippen LogP contribution in [0.15, 0.2) is 29.2 Å². The van der Waals surface area contributed by atoms with E-state index in [0.29, 0.717) is 17.4 Å². The number of benzene rings is 1. The van der Waals surface area contributed by atoms with Crippen LogP contribution in [-0.2, 0) is 10.0 Å². The van der Waals surface area contributed by atoms with Gasteiger partial charge in [0, 0.05) is 22.4 Å². The van der Waals surface area contributed by atoms with Crippen molar-refractivity contribution in [2.75, 3.05) is 17.2 Å². The Kier molecular flexibility index (Phi) is 4.47. The van der Waals surface area contributed by atoms with E-state index in [4.69, 9.17) is 5.73 Å². The number of nitrogens with one attached hydrogen (secondary N) is 1. The quantitative estimate of drug-likeness (QED) is 0.622. The molecular weight excluding hydrogens is 304 g/mol. The van der Waals surface area contributed by atoms with Gasteiger partial charge in [0.2, 0.25) is 10.0 Å². The van der Waals surface area contributed by atoms with Gasteiger partial charge in [-0.05, 0) is 43.2 Å². The van der Waals surface area contributed by atoms with Crippen molar-refractivity contribution in [3.63, 3.8) is 0 Å². The van der Waals surface area contributed by atoms with Crippen LogP contribution in [0.1, 0.15) is 25.7 Å². The predicted octanol–water partition coefficient (Wildman–Crippen LogP) is 2.47. The summed E-state index contributed by atoms with van der Waals surface area (Å²) in [6.07, 6.45) is 4.71. The number of rotatable bonds is 6. The molecule has 2 aliphatic carbocycles. The average Bonchev–Trinajstić information content (AvgIpc) is 3.02. The van der Waals surface area contributed by atoms with Crippen molar-refractivity contribution < 1.29 is 8.42 Å². The van der Waals surface area contributed by atoms with Crippen LogP contribution in [0.4, 0.5) is 5.69 Å². The molecule has 21 heavy (non-hydrogen) atoms. The smallest absolute Gasteiger partial charge is 0.212 e. The van der Waals surface area contributed by atoms with Crippen LogP contribution in [0, 0.1) is 11.8 Å². The summed E-state index contributed by atoms with van der Waals surface area (Å²) in [6.45, 7) is 0. The molecule has 3 N–H and O–H groups in total. The van der Waals surface area contributed by atoms with Gasteiger partial charge in [-0.15, -0.1) is 11.8 Å². The highest BCUT2D eigenvalue weighted by molar-refractivity contribution is 8.00. The second-order valence-electron chi connectivity index (χ2n) is 6.10. The van der Waals surface area contributed by atoms with Crippen molar-refractivity contribution in [2.45, 2.75) is 36.6 Å². The van der Waals surface area contributed by atoms with Gasteiger partial charge < -0.3 is 5.73 Å². The molecule has 3 unspecified atom stereocenters. The number of hydrogen-bond acceptors (Lipinski definition) is 4. The van der Waals surface area contributed by atoms with Gasteiger partial charge in [-0.3, -0.25) is 0 Å². The van der Waals surface area contributed by atoms with Crippen molar-refractivity contribution in [3.05, 3.63) is 24.3 Å². The molecule has 0 saturated heterocycles. The molecule has 0 spiro atoms. The van der Waals surface area contributed by atoms with E-state index in [0.717, 1.165) is 17.2 Å². The molecule has 0 amide bonds. The average molecular weight is 326 g/mol. The maximum atomic E-state index is 12.2. The zero-order chi connectivity index (χ0) is 14.9. The molecule has 2 bridgehead atoms. The fourth-order valence-corrected chi connectivity index (χ4v) is 6.26. The van der Waals surface area contributed by atoms with E-state index in [1.54, 1.807) is 0 Å². The summed E-state index contributed by atoms with van der Waals surface area (Å²) in [6, 6.07) is 7.74. The van der Waals surface area contributed by atoms with E-state index in [1.807, 2.05) is 24.3 Å². The molecule has 2 aliphatic rings. The molecule has 4 nitrogen and oxygen atoms in total. The highest BCUT2D eigenvalue weighted by Crippen LogP contribution is 2.44. The Labute approximate surface area is 130 Å². The Bertz CT molecular complexity index is 603. The van der Waals surface area contributed by atoms with Crippen LogP contribution < -0.4 is 10.5 Å². The minimum atomic E-state index is -3.18. The second-order valence-corrected chi connectivity index (χ2v) is 9.11. The highest BCUT2D eigenvalue weighted by atomic mass is 32.2. The fraction of sp³-hybridized carbons (Fsp3) is 0.600. The van der Waals surface area contributed by atoms with Crippen LogP contribution in [0.2, 0.25) is 0 Å². The molecule has 0 aliphatic heterocycles. The summed E-state index contributed by atoms with van der Waals surface area (Å²) in [7, 11) is -3.18. The molecule has 3 atom stereocenters. The van der Waals surface area contributed by atoms with Gasteiger partial charge in [0.25, 0.3) is 0 Å². The van der Waals surface area contributed by atoms with Gasteiger partial charge in [0.1, 0.15) is 0 Å². The minimum Gasteiger partial charge on any atom is -0.398 e. The van der Waals surface area contributed by atoms with Crippen LogP contribution in [-0.4, -0.2) is 26.0 Å². The Hall–Kier alpha value is -0.720. The highest BCUT2D eigenvalue weighted by Gasteiger charge is 2.40. The van der Waals surface area contributed by atoms with Gasteiger partial charge in [-0.25, -0.2) is 13.1 Å². The topological polar surface area (TPSA) is 72.2 Å². The number of nitrogen functional groups attached to an aromatic ring is 1. The lowest BCUT2D eigenvalue weighted by Gasteiger charge is -2.22. The molecule has 6 heteroatoms. The van der Waals surface area contributed by atoms with Gasteiger partial charge in [0.05, 0.1) is 5.75 Å². The largest absolute Gasteiger partial charge is 0.398 e. The van der Waals surface area contributed by atoms with Crippen molar-refractivity contribution >= 4 is 27.5 Å². The first-order valence-corrected chi connectivity index (χ1v) is 10.1. The summed E-state index contributed by atoms with van der Waals surface area (Å²) in [5.41, 5.74) is 6.57. The zero-order valence-corrected chi connectivity index (χ0v) is 13.6. The monoisotopic (exact) mass is 326 g/mol. The Balaban J connectivity index is 1.49. The van der Waals surface area contributed by atoms with Crippen LogP contribution >= 0.6 is 11.8 Å². The zero-order valence-electron chi connectivity index (χ0n) is 12.0. The number of thioether (sulfide) groups is 1. The molecule has 1 aromatic rings. The molecular formula is C15H22N2O2S2. The van der Waals surface area contributed by atoms with Gasteiger partial charge in [0.15, 0.2) is 0 Å². The molecule has 116 valence electrons. The van der Waals surface area contributed by atoms with Crippen molar-refractivity contribution in [1.29, 1.82) is 0 Å². The third kappa shape index (κ3) is 3.73. The summed E-state index contributed by atoms with van der Waals surface area (Å²) >= 11 is 1.50. The molecule has 0 radical (unpaired) electrons. The first-order valence-electron chi connectivity index (χ1n) is 7.51. The van der Waals surface area contributed by atoms with Crippen molar-refractivity contribution in [1.82, 2.24) is 4.72 Å². The molecule has 0 heterocycles. The molecule has 0 aromatic heterocycles. The van der Waals surface area contributed by atoms with E-state index < -0.39 is 10.0 Å². The van der Waals surface area contributed by atoms with Gasteiger partial charge >= 0.3 is 0 Å². The third-order valence-electron chi connectivity index (χ3n) is 4.60. The number of para-hydroxylation sites is 1. The van der Waals surface area contributed by atoms with Gasteiger partial charge in [-0.2, -0.15) is 0 Å². The fourth-order valence-electron chi connectivity index (χ4n) is 3.55. The number of nitrogens with two attached hydrogens (primary N) is 1. The first-order chi connectivity index (χ1) is 10.0. The maximum Gasteiger partial charge on any atom is 0.212 e. The lowest BCUT2D eigenvalue weighted by atomic mass is 9.96. The molecule has 2 fully saturated rings. The lowest BCUT2D eigenvalue weighted by Crippen LogP contribution is -2.40. The van der Waals surface area contributed by atoms with E-state index >= 15 is 0 Å². The van der Waals surface area contributed by atoms with Crippen LogP contribution in [0.3, 0.4) is 0 Å². The Morgan fingerprint density at radius 3 is 2.71 bits per heavy atom. The molecule has 2 saturated carbocycles. The number of anilines is 1. The Morgan fingerprint density at radius 1 is 1.24 bits per heavy atom. The van der Waals surface area contributed by atoms with Crippen LogP contribution in [0.25, 0.3) is 0 Å². The predicted molar refractivity (Wildman–Crippen MR) is 87.7 cm³/mol. The number of hydrogen-bond donors (Lipinski definition) is 2. The summed E-state index contributed by atoms with van der Waals surface area (Å²) in [5.74, 6) is 2.01. The van der Waals surface area contributed by atoms with Crippen molar-refractivity contribution in [2.24, 2.45) is 11.8 Å². The number of sulfonamides is 1. The second kappa shape index (κ2) is 6.18. The minimum absolute atomic E-state index is 0.153. The lowest BCUT2D eigenvalue weighted by molar-refractivity contribution is 0.390. The number of fused-ring (bicyclic) bond motifs is 2. The van der Waals surface area contributed by atoms with E-state index in [-0.39, 0.29) is 11.8 Å². The molecule has 1 aromatic carbocycles. The summed E-state index contributed by atoms with van der Waals surface area (Å²) in [5, 5.41) is 0. The summed E-state index contributed by atoms with van der Waals surface area (Å²) < 4.78 is 27.3. The summed E-state index contributed by atoms with van der Waals surface area (Å²) in [4.78, 5) is 0.952. The third-order valence-corrected chi connectivity index (χ3v) is 7.35. The Morgan fingerprint density at radius 2 is 2.05 bits per heavy atom. The normalized spacial score (nSPS) is 28.1. The van der Waals surface area contributed by atoms with E-state index in [1.165, 1.54) is 31.0 Å². The van der Waals surface area contributed by atoms with Crippen molar-refractivity contribution in [3.8, 4) is 0 Å². The van der Waals surface area contributed by atoms with Gasteiger partial charge in [-0.1, -0.05) is 18.6 Å². The molecule has 3 rings (SSSR count). The maximum absolute atomic E-state index is 12.2. The SMILES string of the molecule is Nc1ccccc1SCCS(=O)(=O)NC1CC2CCC1C2. The van der Waals surface area contributed by atoms with Crippen LogP contribution in [0.5, 0.6) is 0 Å². The standard InChI is InChI=1S/C15H22N2O2S2/c16-13-3-1-2-4-15(13)20-7-8-21(18,19)17-14-10-11-5-6-12(14)9-11/h1-4,11-12,14,17H,5-10,16H2. The van der Waals surface area contributed by atoms with E-state index in [9.17, 15) is 8.42 Å².